The van der Waals surface area contributed by atoms with Crippen molar-refractivity contribution in [2.45, 2.75) is 57.7 Å². The highest BCUT2D eigenvalue weighted by atomic mass is 16.4. The summed E-state index contributed by atoms with van der Waals surface area (Å²) in [5.41, 5.74) is 2.26. The van der Waals surface area contributed by atoms with Crippen LogP contribution in [0.3, 0.4) is 0 Å². The van der Waals surface area contributed by atoms with Gasteiger partial charge in [-0.25, -0.2) is 0 Å². The SMILES string of the molecule is CC(C)(C)c1cc(CN2[C@@H](C(=O)O)C[C@H]3C[C@H]32)ccn1. The van der Waals surface area contributed by atoms with Crippen molar-refractivity contribution in [3.05, 3.63) is 29.6 Å². The molecule has 108 valence electrons. The van der Waals surface area contributed by atoms with Crippen molar-refractivity contribution in [1.29, 1.82) is 0 Å². The summed E-state index contributed by atoms with van der Waals surface area (Å²) < 4.78 is 0. The molecule has 0 spiro atoms. The van der Waals surface area contributed by atoms with Crippen molar-refractivity contribution in [3.63, 3.8) is 0 Å². The quantitative estimate of drug-likeness (QED) is 0.919. The van der Waals surface area contributed by atoms with Gasteiger partial charge in [-0.05, 0) is 36.5 Å². The molecule has 0 bridgehead atoms. The molecule has 0 amide bonds. The van der Waals surface area contributed by atoms with Gasteiger partial charge < -0.3 is 5.11 Å². The summed E-state index contributed by atoms with van der Waals surface area (Å²) in [5, 5.41) is 9.33. The van der Waals surface area contributed by atoms with Crippen LogP contribution < -0.4 is 0 Å². The largest absolute Gasteiger partial charge is 0.480 e. The van der Waals surface area contributed by atoms with E-state index in [0.717, 1.165) is 18.7 Å². The zero-order valence-corrected chi connectivity index (χ0v) is 12.3. The number of hydrogen-bond acceptors (Lipinski definition) is 3. The first-order chi connectivity index (χ1) is 9.36. The van der Waals surface area contributed by atoms with Crippen LogP contribution in [0, 0.1) is 5.92 Å². The van der Waals surface area contributed by atoms with E-state index < -0.39 is 5.97 Å². The van der Waals surface area contributed by atoms with Crippen molar-refractivity contribution in [3.8, 4) is 0 Å². The van der Waals surface area contributed by atoms with Crippen LogP contribution >= 0.6 is 0 Å². The number of aromatic nitrogens is 1. The second-order valence-electron chi connectivity index (χ2n) is 7.12. The zero-order valence-electron chi connectivity index (χ0n) is 12.3. The summed E-state index contributed by atoms with van der Waals surface area (Å²) in [5.74, 6) is -0.0673. The molecule has 20 heavy (non-hydrogen) atoms. The normalized spacial score (nSPS) is 29.2. The molecule has 4 heteroatoms. The van der Waals surface area contributed by atoms with Gasteiger partial charge in [0.25, 0.3) is 0 Å². The Kier molecular flexibility index (Phi) is 3.09. The van der Waals surface area contributed by atoms with E-state index >= 15 is 0 Å². The Labute approximate surface area is 119 Å². The minimum Gasteiger partial charge on any atom is -0.480 e. The minimum absolute atomic E-state index is 0.0231. The number of nitrogens with zero attached hydrogens (tertiary/aromatic N) is 2. The lowest BCUT2D eigenvalue weighted by Gasteiger charge is -2.25. The summed E-state index contributed by atoms with van der Waals surface area (Å²) in [6.45, 7) is 7.16. The molecule has 0 unspecified atom stereocenters. The van der Waals surface area contributed by atoms with Crippen molar-refractivity contribution < 1.29 is 9.90 Å². The fourth-order valence-corrected chi connectivity index (χ4v) is 3.21. The molecular weight excluding hydrogens is 252 g/mol. The number of carboxylic acids is 1. The monoisotopic (exact) mass is 274 g/mol. The molecule has 3 rings (SSSR count). The molecule has 1 saturated heterocycles. The van der Waals surface area contributed by atoms with Gasteiger partial charge in [0.1, 0.15) is 6.04 Å². The standard InChI is InChI=1S/C16H22N2O2/c1-16(2,3)14-6-10(4-5-17-14)9-18-12-7-11(12)8-13(18)15(19)20/h4-6,11-13H,7-9H2,1-3H3,(H,19,20)/t11-,12-,13-/m1/s1. The molecule has 1 aliphatic heterocycles. The first-order valence-corrected chi connectivity index (χ1v) is 7.30. The van der Waals surface area contributed by atoms with E-state index in [1.54, 1.807) is 0 Å². The average Bonchev–Trinajstić information content (AvgIpc) is 3.05. The molecule has 1 saturated carbocycles. The lowest BCUT2D eigenvalue weighted by molar-refractivity contribution is -0.143. The van der Waals surface area contributed by atoms with Gasteiger partial charge in [-0.1, -0.05) is 20.8 Å². The summed E-state index contributed by atoms with van der Waals surface area (Å²) in [4.78, 5) is 17.9. The van der Waals surface area contributed by atoms with Crippen LogP contribution in [0.5, 0.6) is 0 Å². The fraction of sp³-hybridized carbons (Fsp3) is 0.625. The van der Waals surface area contributed by atoms with Crippen LogP contribution in [0.2, 0.25) is 0 Å². The third-order valence-electron chi connectivity index (χ3n) is 4.48. The van der Waals surface area contributed by atoms with Crippen LogP contribution in [0.15, 0.2) is 18.3 Å². The number of pyridine rings is 1. The number of fused-ring (bicyclic) bond motifs is 1. The predicted octanol–water partition coefficient (Wildman–Crippen LogP) is 2.43. The van der Waals surface area contributed by atoms with Gasteiger partial charge in [-0.15, -0.1) is 0 Å². The molecule has 0 radical (unpaired) electrons. The van der Waals surface area contributed by atoms with Crippen LogP contribution in [0.1, 0.15) is 44.9 Å². The number of carbonyl (C=O) groups is 1. The van der Waals surface area contributed by atoms with E-state index in [1.807, 2.05) is 12.3 Å². The van der Waals surface area contributed by atoms with Gasteiger partial charge in [0.2, 0.25) is 0 Å². The average molecular weight is 274 g/mol. The number of aliphatic carboxylic acids is 1. The number of rotatable bonds is 3. The number of hydrogen-bond donors (Lipinski definition) is 1. The topological polar surface area (TPSA) is 53.4 Å². The van der Waals surface area contributed by atoms with Gasteiger partial charge in [-0.3, -0.25) is 14.7 Å². The summed E-state index contributed by atoms with van der Waals surface area (Å²) in [6.07, 6.45) is 3.82. The van der Waals surface area contributed by atoms with Crippen molar-refractivity contribution >= 4 is 5.97 Å². The molecular formula is C16H22N2O2. The Morgan fingerprint density at radius 2 is 2.20 bits per heavy atom. The first-order valence-electron chi connectivity index (χ1n) is 7.30. The molecule has 1 aliphatic carbocycles. The van der Waals surface area contributed by atoms with Crippen LogP contribution in [0.25, 0.3) is 0 Å². The maximum Gasteiger partial charge on any atom is 0.320 e. The molecule has 1 N–H and O–H groups in total. The number of likely N-dealkylation sites (tertiary alicyclic amines) is 1. The second-order valence-corrected chi connectivity index (χ2v) is 7.12. The predicted molar refractivity (Wildman–Crippen MR) is 76.4 cm³/mol. The van der Waals surface area contributed by atoms with Gasteiger partial charge in [-0.2, -0.15) is 0 Å². The van der Waals surface area contributed by atoms with Crippen molar-refractivity contribution in [2.75, 3.05) is 0 Å². The molecule has 4 nitrogen and oxygen atoms in total. The molecule has 3 atom stereocenters. The van der Waals surface area contributed by atoms with E-state index in [9.17, 15) is 9.90 Å². The molecule has 2 aliphatic rings. The van der Waals surface area contributed by atoms with Gasteiger partial charge in [0, 0.05) is 29.9 Å². The maximum absolute atomic E-state index is 11.3. The summed E-state index contributed by atoms with van der Waals surface area (Å²) >= 11 is 0. The molecule has 2 fully saturated rings. The smallest absolute Gasteiger partial charge is 0.320 e. The Morgan fingerprint density at radius 3 is 2.85 bits per heavy atom. The lowest BCUT2D eigenvalue weighted by atomic mass is 9.91. The lowest BCUT2D eigenvalue weighted by Crippen LogP contribution is -2.38. The Bertz CT molecular complexity index is 536. The van der Waals surface area contributed by atoms with Crippen LogP contribution in [-0.2, 0) is 16.8 Å². The maximum atomic E-state index is 11.3. The van der Waals surface area contributed by atoms with Gasteiger partial charge in [0.15, 0.2) is 0 Å². The molecule has 1 aromatic rings. The highest BCUT2D eigenvalue weighted by Gasteiger charge is 2.53. The Hall–Kier alpha value is -1.42. The van der Waals surface area contributed by atoms with Crippen LogP contribution in [-0.4, -0.2) is 33.0 Å². The highest BCUT2D eigenvalue weighted by Crippen LogP contribution is 2.48. The number of carboxylic acid groups (broad SMARTS) is 1. The molecule has 2 heterocycles. The van der Waals surface area contributed by atoms with Crippen molar-refractivity contribution in [2.24, 2.45) is 5.92 Å². The van der Waals surface area contributed by atoms with E-state index in [0.29, 0.717) is 12.0 Å². The Balaban J connectivity index is 1.79. The van der Waals surface area contributed by atoms with E-state index in [-0.39, 0.29) is 11.5 Å². The number of piperidine rings is 1. The molecule has 1 aromatic heterocycles. The second kappa shape index (κ2) is 4.55. The summed E-state index contributed by atoms with van der Waals surface area (Å²) in [7, 11) is 0. The fourth-order valence-electron chi connectivity index (χ4n) is 3.21. The summed E-state index contributed by atoms with van der Waals surface area (Å²) in [6, 6.07) is 4.31. The van der Waals surface area contributed by atoms with Gasteiger partial charge >= 0.3 is 5.97 Å². The highest BCUT2D eigenvalue weighted by molar-refractivity contribution is 5.74. The third-order valence-corrected chi connectivity index (χ3v) is 4.48. The van der Waals surface area contributed by atoms with Gasteiger partial charge in [0.05, 0.1) is 0 Å². The van der Waals surface area contributed by atoms with E-state index in [1.165, 1.54) is 12.0 Å². The minimum atomic E-state index is -0.678. The van der Waals surface area contributed by atoms with Crippen LogP contribution in [0.4, 0.5) is 0 Å². The van der Waals surface area contributed by atoms with E-state index in [2.05, 4.69) is 36.7 Å². The first kappa shape index (κ1) is 13.6. The zero-order chi connectivity index (χ0) is 14.5. The van der Waals surface area contributed by atoms with Crippen molar-refractivity contribution in [1.82, 2.24) is 9.88 Å². The van der Waals surface area contributed by atoms with E-state index in [4.69, 9.17) is 0 Å². The molecule has 0 aromatic carbocycles. The Morgan fingerprint density at radius 1 is 1.45 bits per heavy atom. The third kappa shape index (κ3) is 2.44.